The van der Waals surface area contributed by atoms with Crippen molar-refractivity contribution in [2.45, 2.75) is 37.3 Å². The zero-order valence-corrected chi connectivity index (χ0v) is 16.9. The number of imide groups is 1. The van der Waals surface area contributed by atoms with Crippen LogP contribution in [0.1, 0.15) is 39.9 Å². The number of carbonyl (C=O) groups is 3. The lowest BCUT2D eigenvalue weighted by molar-refractivity contribution is -0.143. The second kappa shape index (κ2) is 9.06. The molecule has 1 fully saturated rings. The minimum atomic E-state index is -0.557. The molecule has 0 spiro atoms. The monoisotopic (exact) mass is 397 g/mol. The Kier molecular flexibility index (Phi) is 6.52. The van der Waals surface area contributed by atoms with Gasteiger partial charge in [-0.1, -0.05) is 29.8 Å². The van der Waals surface area contributed by atoms with Gasteiger partial charge in [-0.3, -0.25) is 14.5 Å². The van der Waals surface area contributed by atoms with Gasteiger partial charge in [0, 0.05) is 23.6 Å². The average Bonchev–Trinajstić information content (AvgIpc) is 3.11. The van der Waals surface area contributed by atoms with E-state index < -0.39 is 18.5 Å². The number of benzene rings is 2. The molecule has 2 amide bonds. The Bertz CT molecular complexity index is 909. The molecule has 3 rings (SSSR count). The number of likely N-dealkylation sites (tertiary alicyclic amines) is 1. The van der Waals surface area contributed by atoms with Gasteiger partial charge in [0.15, 0.2) is 6.61 Å². The van der Waals surface area contributed by atoms with Gasteiger partial charge in [0.2, 0.25) is 5.91 Å². The van der Waals surface area contributed by atoms with Crippen molar-refractivity contribution in [1.29, 1.82) is 0 Å². The minimum Gasteiger partial charge on any atom is -0.452 e. The van der Waals surface area contributed by atoms with Crippen LogP contribution in [-0.2, 0) is 20.1 Å². The van der Waals surface area contributed by atoms with Crippen LogP contribution in [0, 0.1) is 13.8 Å². The lowest BCUT2D eigenvalue weighted by Crippen LogP contribution is -2.35. The van der Waals surface area contributed by atoms with Crippen molar-refractivity contribution in [3.05, 3.63) is 64.7 Å². The lowest BCUT2D eigenvalue weighted by Gasteiger charge is -2.13. The van der Waals surface area contributed by atoms with E-state index in [2.05, 4.69) is 32.0 Å². The molecule has 0 aromatic heterocycles. The molecular weight excluding hydrogens is 374 g/mol. The summed E-state index contributed by atoms with van der Waals surface area (Å²) in [5.41, 5.74) is 3.87. The molecule has 1 heterocycles. The maximum Gasteiger partial charge on any atom is 0.338 e. The van der Waals surface area contributed by atoms with Crippen LogP contribution in [0.4, 0.5) is 0 Å². The Morgan fingerprint density at radius 3 is 2.68 bits per heavy atom. The van der Waals surface area contributed by atoms with Crippen LogP contribution in [0.5, 0.6) is 0 Å². The fraction of sp³-hybridized carbons (Fsp3) is 0.318. The van der Waals surface area contributed by atoms with Gasteiger partial charge >= 0.3 is 5.97 Å². The Morgan fingerprint density at radius 1 is 1.14 bits per heavy atom. The van der Waals surface area contributed by atoms with Crippen molar-refractivity contribution in [3.8, 4) is 0 Å². The van der Waals surface area contributed by atoms with Crippen LogP contribution in [0.3, 0.4) is 0 Å². The second-order valence-electron chi connectivity index (χ2n) is 6.88. The molecule has 1 saturated heterocycles. The number of esters is 1. The first-order valence-electron chi connectivity index (χ1n) is 9.23. The van der Waals surface area contributed by atoms with E-state index in [1.165, 1.54) is 16.0 Å². The first-order valence-corrected chi connectivity index (χ1v) is 10.2. The molecule has 1 aliphatic rings. The Balaban J connectivity index is 1.56. The van der Waals surface area contributed by atoms with Crippen LogP contribution in [0.15, 0.2) is 47.4 Å². The fourth-order valence-electron chi connectivity index (χ4n) is 3.11. The van der Waals surface area contributed by atoms with Gasteiger partial charge in [-0.05, 0) is 49.6 Å². The molecule has 28 heavy (non-hydrogen) atoms. The summed E-state index contributed by atoms with van der Waals surface area (Å²) in [6.07, 6.45) is 1.04. The Labute approximate surface area is 169 Å². The first-order chi connectivity index (χ1) is 13.4. The molecule has 0 atom stereocenters. The summed E-state index contributed by atoms with van der Waals surface area (Å²) >= 11 is 1.71. The molecular formula is C22H23NO4S. The number of hydrogen-bond donors (Lipinski definition) is 0. The Morgan fingerprint density at radius 2 is 1.96 bits per heavy atom. The molecule has 2 aromatic carbocycles. The summed E-state index contributed by atoms with van der Waals surface area (Å²) < 4.78 is 5.11. The van der Waals surface area contributed by atoms with E-state index >= 15 is 0 Å². The van der Waals surface area contributed by atoms with Gasteiger partial charge in [0.25, 0.3) is 5.91 Å². The largest absolute Gasteiger partial charge is 0.452 e. The molecule has 0 bridgehead atoms. The zero-order valence-electron chi connectivity index (χ0n) is 16.1. The van der Waals surface area contributed by atoms with Crippen LogP contribution in [0.25, 0.3) is 0 Å². The number of ether oxygens (including phenoxy) is 1. The SMILES string of the molecule is Cc1ccc(SCc2cccc(C(=O)OCC(=O)N3CCCC3=O)c2)c(C)c1. The molecule has 146 valence electrons. The molecule has 2 aromatic rings. The van der Waals surface area contributed by atoms with E-state index in [1.54, 1.807) is 30.0 Å². The van der Waals surface area contributed by atoms with Gasteiger partial charge in [-0.15, -0.1) is 11.8 Å². The third-order valence-electron chi connectivity index (χ3n) is 4.59. The molecule has 0 radical (unpaired) electrons. The lowest BCUT2D eigenvalue weighted by atomic mass is 10.1. The van der Waals surface area contributed by atoms with Gasteiger partial charge in [0.1, 0.15) is 0 Å². The van der Waals surface area contributed by atoms with E-state index in [-0.39, 0.29) is 5.91 Å². The normalized spacial score (nSPS) is 13.6. The number of aryl methyl sites for hydroxylation is 2. The summed E-state index contributed by atoms with van der Waals surface area (Å²) in [6, 6.07) is 13.6. The number of carbonyl (C=O) groups excluding carboxylic acids is 3. The smallest absolute Gasteiger partial charge is 0.338 e. The summed E-state index contributed by atoms with van der Waals surface area (Å²) in [6.45, 7) is 4.15. The number of rotatable bonds is 6. The number of amides is 2. The van der Waals surface area contributed by atoms with E-state index in [9.17, 15) is 14.4 Å². The quantitative estimate of drug-likeness (QED) is 0.546. The maximum absolute atomic E-state index is 12.3. The number of thioether (sulfide) groups is 1. The highest BCUT2D eigenvalue weighted by molar-refractivity contribution is 7.98. The molecule has 1 aliphatic heterocycles. The standard InChI is InChI=1S/C22H23NO4S/c1-15-8-9-19(16(2)11-15)28-14-17-5-3-6-18(12-17)22(26)27-13-21(25)23-10-4-7-20(23)24/h3,5-6,8-9,11-12H,4,7,10,13-14H2,1-2H3. The average molecular weight is 397 g/mol. The fourth-order valence-corrected chi connectivity index (χ4v) is 4.06. The molecule has 0 unspecified atom stereocenters. The minimum absolute atomic E-state index is 0.202. The van der Waals surface area contributed by atoms with Crippen LogP contribution in [0.2, 0.25) is 0 Å². The highest BCUT2D eigenvalue weighted by atomic mass is 32.2. The van der Waals surface area contributed by atoms with Crippen molar-refractivity contribution < 1.29 is 19.1 Å². The molecule has 0 saturated carbocycles. The van der Waals surface area contributed by atoms with Crippen LogP contribution >= 0.6 is 11.8 Å². The van der Waals surface area contributed by atoms with E-state index in [0.717, 1.165) is 16.2 Å². The van der Waals surface area contributed by atoms with Crippen molar-refractivity contribution >= 4 is 29.5 Å². The van der Waals surface area contributed by atoms with Gasteiger partial charge < -0.3 is 4.74 Å². The molecule has 6 heteroatoms. The highest BCUT2D eigenvalue weighted by Crippen LogP contribution is 2.27. The Hall–Kier alpha value is -2.60. The predicted octanol–water partition coefficient (Wildman–Crippen LogP) is 3.90. The van der Waals surface area contributed by atoms with Crippen molar-refractivity contribution in [3.63, 3.8) is 0 Å². The summed E-state index contributed by atoms with van der Waals surface area (Å²) in [5, 5.41) is 0. The van der Waals surface area contributed by atoms with Crippen molar-refractivity contribution in [2.24, 2.45) is 0 Å². The van der Waals surface area contributed by atoms with Crippen LogP contribution in [-0.4, -0.2) is 35.8 Å². The second-order valence-corrected chi connectivity index (χ2v) is 7.89. The van der Waals surface area contributed by atoms with Crippen molar-refractivity contribution in [2.75, 3.05) is 13.2 Å². The highest BCUT2D eigenvalue weighted by Gasteiger charge is 2.27. The zero-order chi connectivity index (χ0) is 20.1. The first kappa shape index (κ1) is 20.1. The van der Waals surface area contributed by atoms with Gasteiger partial charge in [-0.25, -0.2) is 4.79 Å². The maximum atomic E-state index is 12.3. The number of hydrogen-bond acceptors (Lipinski definition) is 5. The summed E-state index contributed by atoms with van der Waals surface area (Å²) in [5.74, 6) is -0.492. The van der Waals surface area contributed by atoms with E-state index in [0.29, 0.717) is 24.9 Å². The molecule has 5 nitrogen and oxygen atoms in total. The summed E-state index contributed by atoms with van der Waals surface area (Å²) in [7, 11) is 0. The summed E-state index contributed by atoms with van der Waals surface area (Å²) in [4.78, 5) is 38.2. The topological polar surface area (TPSA) is 63.7 Å². The third kappa shape index (κ3) is 5.01. The third-order valence-corrected chi connectivity index (χ3v) is 5.84. The molecule has 0 N–H and O–H groups in total. The van der Waals surface area contributed by atoms with Gasteiger partial charge in [0.05, 0.1) is 5.56 Å². The van der Waals surface area contributed by atoms with E-state index in [1.807, 2.05) is 6.07 Å². The van der Waals surface area contributed by atoms with Crippen LogP contribution < -0.4 is 0 Å². The predicted molar refractivity (Wildman–Crippen MR) is 108 cm³/mol. The van der Waals surface area contributed by atoms with Gasteiger partial charge in [-0.2, -0.15) is 0 Å². The number of nitrogens with zero attached hydrogens (tertiary/aromatic N) is 1. The molecule has 0 aliphatic carbocycles. The van der Waals surface area contributed by atoms with Crippen molar-refractivity contribution in [1.82, 2.24) is 4.90 Å². The van der Waals surface area contributed by atoms with E-state index in [4.69, 9.17) is 4.74 Å².